The Kier molecular flexibility index (Phi) is 4.85. The van der Waals surface area contributed by atoms with Crippen LogP contribution >= 0.6 is 0 Å². The van der Waals surface area contributed by atoms with E-state index in [2.05, 4.69) is 5.32 Å². The summed E-state index contributed by atoms with van der Waals surface area (Å²) in [5.74, 6) is 0. The van der Waals surface area contributed by atoms with Gasteiger partial charge in [-0.15, -0.1) is 0 Å². The minimum atomic E-state index is -0.474. The SMILES string of the molecule is CNCCC=Cc1ccc(C#N)cc1[N+](=O)[O-]. The zero-order valence-electron chi connectivity index (χ0n) is 9.51. The first kappa shape index (κ1) is 12.9. The van der Waals surface area contributed by atoms with Crippen molar-refractivity contribution in [1.82, 2.24) is 5.32 Å². The first-order chi connectivity index (χ1) is 8.19. The van der Waals surface area contributed by atoms with E-state index in [1.54, 1.807) is 18.2 Å². The summed E-state index contributed by atoms with van der Waals surface area (Å²) in [7, 11) is 1.85. The van der Waals surface area contributed by atoms with Gasteiger partial charge in [-0.05, 0) is 32.1 Å². The minimum Gasteiger partial charge on any atom is -0.319 e. The molecule has 0 saturated heterocycles. The molecule has 0 fully saturated rings. The number of nitro benzene ring substituents is 1. The van der Waals surface area contributed by atoms with Gasteiger partial charge in [-0.1, -0.05) is 12.2 Å². The lowest BCUT2D eigenvalue weighted by Gasteiger charge is -1.98. The lowest BCUT2D eigenvalue weighted by molar-refractivity contribution is -0.385. The molecule has 0 atom stereocenters. The molecule has 17 heavy (non-hydrogen) atoms. The van der Waals surface area contributed by atoms with Crippen LogP contribution in [0.3, 0.4) is 0 Å². The Bertz CT molecular complexity index is 475. The van der Waals surface area contributed by atoms with Crippen molar-refractivity contribution in [2.75, 3.05) is 13.6 Å². The summed E-state index contributed by atoms with van der Waals surface area (Å²) in [5, 5.41) is 22.5. The van der Waals surface area contributed by atoms with Crippen LogP contribution in [0.2, 0.25) is 0 Å². The Labute approximate surface area is 99.5 Å². The van der Waals surface area contributed by atoms with E-state index in [1.165, 1.54) is 6.07 Å². The van der Waals surface area contributed by atoms with Crippen LogP contribution < -0.4 is 5.32 Å². The van der Waals surface area contributed by atoms with Crippen LogP contribution in [-0.4, -0.2) is 18.5 Å². The number of nitrogens with zero attached hydrogens (tertiary/aromatic N) is 2. The van der Waals surface area contributed by atoms with E-state index in [0.717, 1.165) is 13.0 Å². The molecular weight excluding hydrogens is 218 g/mol. The van der Waals surface area contributed by atoms with Crippen LogP contribution in [0.5, 0.6) is 0 Å². The van der Waals surface area contributed by atoms with Gasteiger partial charge in [0.1, 0.15) is 0 Å². The lowest BCUT2D eigenvalue weighted by Crippen LogP contribution is -2.05. The number of hydrogen-bond donors (Lipinski definition) is 1. The molecule has 0 aliphatic carbocycles. The third kappa shape index (κ3) is 3.70. The van der Waals surface area contributed by atoms with Crippen molar-refractivity contribution in [3.8, 4) is 6.07 Å². The van der Waals surface area contributed by atoms with Gasteiger partial charge in [0, 0.05) is 6.07 Å². The fourth-order valence-corrected chi connectivity index (χ4v) is 1.35. The van der Waals surface area contributed by atoms with Crippen molar-refractivity contribution in [1.29, 1.82) is 5.26 Å². The molecular formula is C12H13N3O2. The maximum Gasteiger partial charge on any atom is 0.277 e. The average molecular weight is 231 g/mol. The number of nitrogens with one attached hydrogen (secondary N) is 1. The average Bonchev–Trinajstić information content (AvgIpc) is 2.34. The Morgan fingerprint density at radius 1 is 1.59 bits per heavy atom. The first-order valence-electron chi connectivity index (χ1n) is 5.18. The van der Waals surface area contributed by atoms with Crippen LogP contribution in [0.1, 0.15) is 17.5 Å². The monoisotopic (exact) mass is 231 g/mol. The number of rotatable bonds is 5. The second-order valence-electron chi connectivity index (χ2n) is 3.44. The molecule has 1 aromatic carbocycles. The molecule has 0 aromatic heterocycles. The van der Waals surface area contributed by atoms with E-state index in [0.29, 0.717) is 11.1 Å². The van der Waals surface area contributed by atoms with Gasteiger partial charge in [-0.25, -0.2) is 0 Å². The summed E-state index contributed by atoms with van der Waals surface area (Å²) >= 11 is 0. The molecule has 0 radical (unpaired) electrons. The Morgan fingerprint density at radius 3 is 2.94 bits per heavy atom. The van der Waals surface area contributed by atoms with Gasteiger partial charge in [0.15, 0.2) is 0 Å². The highest BCUT2D eigenvalue weighted by molar-refractivity contribution is 5.62. The van der Waals surface area contributed by atoms with Crippen molar-refractivity contribution in [2.45, 2.75) is 6.42 Å². The molecule has 0 amide bonds. The van der Waals surface area contributed by atoms with Crippen molar-refractivity contribution >= 4 is 11.8 Å². The third-order valence-corrected chi connectivity index (χ3v) is 2.21. The van der Waals surface area contributed by atoms with Crippen molar-refractivity contribution in [2.24, 2.45) is 0 Å². The summed E-state index contributed by atoms with van der Waals surface area (Å²) in [5.41, 5.74) is 0.777. The van der Waals surface area contributed by atoms with Gasteiger partial charge < -0.3 is 5.32 Å². The summed E-state index contributed by atoms with van der Waals surface area (Å²) in [4.78, 5) is 10.4. The van der Waals surface area contributed by atoms with Crippen LogP contribution in [0.15, 0.2) is 24.3 Å². The van der Waals surface area contributed by atoms with Crippen LogP contribution in [0.25, 0.3) is 6.08 Å². The minimum absolute atomic E-state index is 0.0373. The molecule has 0 unspecified atom stereocenters. The molecule has 1 aromatic rings. The van der Waals surface area contributed by atoms with Gasteiger partial charge >= 0.3 is 0 Å². The predicted molar refractivity (Wildman–Crippen MR) is 65.4 cm³/mol. The fraction of sp³-hybridized carbons (Fsp3) is 0.250. The van der Waals surface area contributed by atoms with E-state index in [-0.39, 0.29) is 5.69 Å². The molecule has 1 rings (SSSR count). The van der Waals surface area contributed by atoms with Crippen LogP contribution in [0, 0.1) is 21.4 Å². The van der Waals surface area contributed by atoms with Gasteiger partial charge in [-0.2, -0.15) is 5.26 Å². The first-order valence-corrected chi connectivity index (χ1v) is 5.18. The van der Waals surface area contributed by atoms with E-state index in [1.807, 2.05) is 19.2 Å². The number of nitro groups is 1. The Hall–Kier alpha value is -2.19. The van der Waals surface area contributed by atoms with Crippen LogP contribution in [0.4, 0.5) is 5.69 Å². The van der Waals surface area contributed by atoms with E-state index >= 15 is 0 Å². The van der Waals surface area contributed by atoms with Gasteiger partial charge in [0.2, 0.25) is 0 Å². The standard InChI is InChI=1S/C12H13N3O2/c1-14-7-3-2-4-11-6-5-10(9-13)8-12(11)15(16)17/h2,4-6,8,14H,3,7H2,1H3. The molecule has 0 aliphatic heterocycles. The molecule has 0 aliphatic rings. The highest BCUT2D eigenvalue weighted by atomic mass is 16.6. The van der Waals surface area contributed by atoms with Crippen molar-refractivity contribution < 1.29 is 4.92 Å². The van der Waals surface area contributed by atoms with E-state index < -0.39 is 4.92 Å². The zero-order valence-corrected chi connectivity index (χ0v) is 9.51. The topological polar surface area (TPSA) is 79.0 Å². The molecule has 0 heterocycles. The lowest BCUT2D eigenvalue weighted by atomic mass is 10.1. The highest BCUT2D eigenvalue weighted by Gasteiger charge is 2.11. The number of benzene rings is 1. The number of hydrogen-bond acceptors (Lipinski definition) is 4. The van der Waals surface area contributed by atoms with Crippen LogP contribution in [-0.2, 0) is 0 Å². The number of nitriles is 1. The maximum absolute atomic E-state index is 10.8. The van der Waals surface area contributed by atoms with Crippen molar-refractivity contribution in [3.63, 3.8) is 0 Å². The van der Waals surface area contributed by atoms with Gasteiger partial charge in [0.05, 0.1) is 22.1 Å². The molecule has 0 bridgehead atoms. The van der Waals surface area contributed by atoms with E-state index in [4.69, 9.17) is 5.26 Å². The summed E-state index contributed by atoms with van der Waals surface area (Å²) < 4.78 is 0. The summed E-state index contributed by atoms with van der Waals surface area (Å²) in [6.45, 7) is 0.820. The molecule has 1 N–H and O–H groups in total. The fourth-order valence-electron chi connectivity index (χ4n) is 1.35. The second-order valence-corrected chi connectivity index (χ2v) is 3.44. The molecule has 5 heteroatoms. The van der Waals surface area contributed by atoms with E-state index in [9.17, 15) is 10.1 Å². The zero-order chi connectivity index (χ0) is 12.7. The predicted octanol–water partition coefficient (Wildman–Crippen LogP) is 2.09. The highest BCUT2D eigenvalue weighted by Crippen LogP contribution is 2.21. The molecule has 0 saturated carbocycles. The molecule has 5 nitrogen and oxygen atoms in total. The summed E-state index contributed by atoms with van der Waals surface area (Å²) in [6, 6.07) is 6.34. The Morgan fingerprint density at radius 2 is 2.35 bits per heavy atom. The van der Waals surface area contributed by atoms with Crippen molar-refractivity contribution in [3.05, 3.63) is 45.5 Å². The molecule has 0 spiro atoms. The Balaban J connectivity index is 2.95. The molecule has 88 valence electrons. The maximum atomic E-state index is 10.8. The summed E-state index contributed by atoms with van der Waals surface area (Å²) in [6.07, 6.45) is 4.37. The third-order valence-electron chi connectivity index (χ3n) is 2.21. The smallest absolute Gasteiger partial charge is 0.277 e. The second kappa shape index (κ2) is 6.40. The van der Waals surface area contributed by atoms with Gasteiger partial charge in [0.25, 0.3) is 5.69 Å². The van der Waals surface area contributed by atoms with Gasteiger partial charge in [-0.3, -0.25) is 10.1 Å². The largest absolute Gasteiger partial charge is 0.319 e. The quantitative estimate of drug-likeness (QED) is 0.478. The normalized spacial score (nSPS) is 10.4.